The van der Waals surface area contributed by atoms with Gasteiger partial charge in [-0.05, 0) is 42.5 Å². The number of hydrogen-bond donors (Lipinski definition) is 1. The molecule has 0 bridgehead atoms. The number of ketones is 1. The average Bonchev–Trinajstić information content (AvgIpc) is 2.86. The van der Waals surface area contributed by atoms with E-state index in [4.69, 9.17) is 14.2 Å². The number of hydrogen-bond acceptors (Lipinski definition) is 8. The van der Waals surface area contributed by atoms with E-state index in [2.05, 4.69) is 5.32 Å². The molecule has 0 saturated carbocycles. The third-order valence-corrected chi connectivity index (χ3v) is 4.78. The number of rotatable bonds is 9. The van der Waals surface area contributed by atoms with E-state index in [0.29, 0.717) is 11.5 Å². The van der Waals surface area contributed by atoms with Gasteiger partial charge >= 0.3 is 5.97 Å². The van der Waals surface area contributed by atoms with Gasteiger partial charge in [-0.3, -0.25) is 19.7 Å². The monoisotopic (exact) mass is 464 g/mol. The SMILES string of the molecule is COc1ccc(C(=O)Nc2ccccc2C(=O)OCC(=O)c2ccc([N+](=O)[O-])cc2)cc1OC. The number of ether oxygens (including phenoxy) is 3. The van der Waals surface area contributed by atoms with Crippen molar-refractivity contribution in [3.8, 4) is 11.5 Å². The van der Waals surface area contributed by atoms with Crippen LogP contribution in [0.15, 0.2) is 66.7 Å². The number of amides is 1. The van der Waals surface area contributed by atoms with E-state index >= 15 is 0 Å². The van der Waals surface area contributed by atoms with Crippen LogP contribution in [0.25, 0.3) is 0 Å². The van der Waals surface area contributed by atoms with Crippen LogP contribution in [0.2, 0.25) is 0 Å². The number of non-ortho nitro benzene ring substituents is 1. The number of benzene rings is 3. The molecule has 1 N–H and O–H groups in total. The summed E-state index contributed by atoms with van der Waals surface area (Å²) < 4.78 is 15.5. The van der Waals surface area contributed by atoms with Crippen molar-refractivity contribution < 1.29 is 33.5 Å². The summed E-state index contributed by atoms with van der Waals surface area (Å²) in [7, 11) is 2.93. The lowest BCUT2D eigenvalue weighted by Crippen LogP contribution is -2.18. The number of nitrogens with zero attached hydrogens (tertiary/aromatic N) is 1. The van der Waals surface area contributed by atoms with Crippen molar-refractivity contribution in [2.75, 3.05) is 26.1 Å². The highest BCUT2D eigenvalue weighted by Gasteiger charge is 2.18. The molecule has 0 fully saturated rings. The molecule has 0 saturated heterocycles. The fraction of sp³-hybridized carbons (Fsp3) is 0.125. The fourth-order valence-electron chi connectivity index (χ4n) is 3.00. The number of carbonyl (C=O) groups is 3. The minimum Gasteiger partial charge on any atom is -0.493 e. The third-order valence-electron chi connectivity index (χ3n) is 4.78. The number of Topliss-reactive ketones (excluding diaryl/α,β-unsaturated/α-hetero) is 1. The summed E-state index contributed by atoms with van der Waals surface area (Å²) in [5.74, 6) is -1.02. The topological polar surface area (TPSA) is 134 Å². The van der Waals surface area contributed by atoms with Crippen molar-refractivity contribution in [3.63, 3.8) is 0 Å². The number of carbonyl (C=O) groups excluding carboxylic acids is 3. The number of nitrogens with one attached hydrogen (secondary N) is 1. The standard InChI is InChI=1S/C24H20N2O8/c1-32-21-12-9-16(13-22(21)33-2)23(28)25-19-6-4-3-5-18(19)24(29)34-14-20(27)15-7-10-17(11-8-15)26(30)31/h3-13H,14H2,1-2H3,(H,25,28). The molecule has 1 amide bonds. The molecule has 3 aromatic carbocycles. The van der Waals surface area contributed by atoms with E-state index < -0.39 is 29.2 Å². The van der Waals surface area contributed by atoms with Gasteiger partial charge in [-0.15, -0.1) is 0 Å². The first kappa shape index (κ1) is 23.9. The third kappa shape index (κ3) is 5.54. The summed E-state index contributed by atoms with van der Waals surface area (Å²) in [5.41, 5.74) is 0.512. The second-order valence-corrected chi connectivity index (χ2v) is 6.87. The van der Waals surface area contributed by atoms with Gasteiger partial charge in [0.05, 0.1) is 30.4 Å². The Kier molecular flexibility index (Phi) is 7.55. The van der Waals surface area contributed by atoms with E-state index in [0.717, 1.165) is 0 Å². The molecule has 0 spiro atoms. The van der Waals surface area contributed by atoms with Gasteiger partial charge in [-0.25, -0.2) is 4.79 Å². The van der Waals surface area contributed by atoms with Crippen molar-refractivity contribution in [1.29, 1.82) is 0 Å². The highest BCUT2D eigenvalue weighted by molar-refractivity contribution is 6.08. The number of anilines is 1. The molecular formula is C24H20N2O8. The molecule has 3 rings (SSSR count). The van der Waals surface area contributed by atoms with Gasteiger partial charge in [0.25, 0.3) is 11.6 Å². The summed E-state index contributed by atoms with van der Waals surface area (Å²) in [6.07, 6.45) is 0. The molecule has 0 aliphatic heterocycles. The molecule has 0 unspecified atom stereocenters. The Hall–Kier alpha value is -4.73. The van der Waals surface area contributed by atoms with E-state index in [9.17, 15) is 24.5 Å². The van der Waals surface area contributed by atoms with E-state index in [-0.39, 0.29) is 28.1 Å². The summed E-state index contributed by atoms with van der Waals surface area (Å²) >= 11 is 0. The van der Waals surface area contributed by atoms with Crippen LogP contribution in [0.1, 0.15) is 31.1 Å². The van der Waals surface area contributed by atoms with Crippen molar-refractivity contribution in [3.05, 3.63) is 93.5 Å². The molecule has 0 aliphatic rings. The molecular weight excluding hydrogens is 444 g/mol. The number of esters is 1. The molecule has 0 radical (unpaired) electrons. The molecule has 10 nitrogen and oxygen atoms in total. The Morgan fingerprint density at radius 3 is 2.18 bits per heavy atom. The quantitative estimate of drug-likeness (QED) is 0.218. The van der Waals surface area contributed by atoms with Crippen LogP contribution in [0.4, 0.5) is 11.4 Å². The number of nitro groups is 1. The number of methoxy groups -OCH3 is 2. The van der Waals surface area contributed by atoms with Gasteiger partial charge in [0.1, 0.15) is 0 Å². The zero-order chi connectivity index (χ0) is 24.7. The molecule has 174 valence electrons. The molecule has 10 heteroatoms. The Morgan fingerprint density at radius 2 is 1.53 bits per heavy atom. The fourth-order valence-corrected chi connectivity index (χ4v) is 3.00. The average molecular weight is 464 g/mol. The zero-order valence-corrected chi connectivity index (χ0v) is 18.3. The lowest BCUT2D eigenvalue weighted by atomic mass is 10.1. The maximum atomic E-state index is 12.7. The predicted octanol–water partition coefficient (Wildman–Crippen LogP) is 3.90. The molecule has 0 heterocycles. The zero-order valence-electron chi connectivity index (χ0n) is 18.3. The number of nitro benzene ring substituents is 1. The predicted molar refractivity (Wildman–Crippen MR) is 122 cm³/mol. The lowest BCUT2D eigenvalue weighted by Gasteiger charge is -2.12. The Labute approximate surface area is 194 Å². The van der Waals surface area contributed by atoms with Crippen LogP contribution in [-0.4, -0.2) is 43.4 Å². The normalized spacial score (nSPS) is 10.2. The summed E-state index contributed by atoms with van der Waals surface area (Å²) in [6, 6.07) is 15.7. The van der Waals surface area contributed by atoms with Gasteiger partial charge < -0.3 is 19.5 Å². The maximum Gasteiger partial charge on any atom is 0.340 e. The number of para-hydroxylation sites is 1. The first-order valence-corrected chi connectivity index (χ1v) is 9.91. The van der Waals surface area contributed by atoms with Crippen LogP contribution in [-0.2, 0) is 4.74 Å². The minimum absolute atomic E-state index is 0.0489. The van der Waals surface area contributed by atoms with E-state index in [1.807, 2.05) is 0 Å². The lowest BCUT2D eigenvalue weighted by molar-refractivity contribution is -0.384. The molecule has 34 heavy (non-hydrogen) atoms. The van der Waals surface area contributed by atoms with Crippen LogP contribution >= 0.6 is 0 Å². The van der Waals surface area contributed by atoms with Crippen LogP contribution in [0.3, 0.4) is 0 Å². The largest absolute Gasteiger partial charge is 0.493 e. The molecule has 0 aromatic heterocycles. The van der Waals surface area contributed by atoms with E-state index in [1.165, 1.54) is 56.7 Å². The van der Waals surface area contributed by atoms with Crippen molar-refractivity contribution in [1.82, 2.24) is 0 Å². The van der Waals surface area contributed by atoms with Gasteiger partial charge in [0.2, 0.25) is 0 Å². The van der Waals surface area contributed by atoms with Gasteiger partial charge in [0.15, 0.2) is 23.9 Å². The van der Waals surface area contributed by atoms with Crippen molar-refractivity contribution in [2.24, 2.45) is 0 Å². The van der Waals surface area contributed by atoms with E-state index in [1.54, 1.807) is 24.3 Å². The van der Waals surface area contributed by atoms with Crippen LogP contribution < -0.4 is 14.8 Å². The highest BCUT2D eigenvalue weighted by atomic mass is 16.6. The Morgan fingerprint density at radius 1 is 0.882 bits per heavy atom. The van der Waals surface area contributed by atoms with Gasteiger partial charge in [-0.1, -0.05) is 12.1 Å². The summed E-state index contributed by atoms with van der Waals surface area (Å²) in [5, 5.41) is 13.4. The summed E-state index contributed by atoms with van der Waals surface area (Å²) in [4.78, 5) is 47.7. The first-order chi connectivity index (χ1) is 16.3. The summed E-state index contributed by atoms with van der Waals surface area (Å²) in [6.45, 7) is -0.575. The second kappa shape index (κ2) is 10.7. The minimum atomic E-state index is -0.821. The smallest absolute Gasteiger partial charge is 0.340 e. The Balaban J connectivity index is 1.69. The highest BCUT2D eigenvalue weighted by Crippen LogP contribution is 2.28. The van der Waals surface area contributed by atoms with Crippen molar-refractivity contribution >= 4 is 29.0 Å². The maximum absolute atomic E-state index is 12.7. The van der Waals surface area contributed by atoms with Gasteiger partial charge in [-0.2, -0.15) is 0 Å². The molecule has 0 atom stereocenters. The Bertz CT molecular complexity index is 1240. The molecule has 3 aromatic rings. The van der Waals surface area contributed by atoms with Crippen molar-refractivity contribution in [2.45, 2.75) is 0 Å². The second-order valence-electron chi connectivity index (χ2n) is 6.87. The van der Waals surface area contributed by atoms with Gasteiger partial charge in [0, 0.05) is 23.3 Å². The molecule has 0 aliphatic carbocycles. The van der Waals surface area contributed by atoms with Crippen LogP contribution in [0, 0.1) is 10.1 Å². The first-order valence-electron chi connectivity index (χ1n) is 9.91. The van der Waals surface area contributed by atoms with Crippen LogP contribution in [0.5, 0.6) is 11.5 Å².